The first-order valence-corrected chi connectivity index (χ1v) is 42.9. The van der Waals surface area contributed by atoms with Crippen molar-refractivity contribution >= 4 is 74.0 Å². The number of rotatable bonds is 40. The second kappa shape index (κ2) is 45.6. The van der Waals surface area contributed by atoms with E-state index >= 15 is 0 Å². The van der Waals surface area contributed by atoms with Gasteiger partial charge < -0.3 is 53.0 Å². The number of carbonyl (C=O) groups is 5. The van der Waals surface area contributed by atoms with E-state index in [-0.39, 0.29) is 108 Å². The molecule has 8 aromatic rings. The molecule has 2 aliphatic heterocycles. The fraction of sp³-hybridized carbons (Fsp3) is 0.495. The third-order valence-corrected chi connectivity index (χ3v) is 24.5. The fourth-order valence-corrected chi connectivity index (χ4v) is 17.4. The van der Waals surface area contributed by atoms with Gasteiger partial charge in [0.2, 0.25) is 0 Å². The second-order valence-electron chi connectivity index (χ2n) is 31.4. The molecule has 6 heterocycles. The number of ether oxygens (including phenoxy) is 8. The minimum Gasteiger partial charge on any atom is -0.497 e. The summed E-state index contributed by atoms with van der Waals surface area (Å²) in [6, 6.07) is 26.2. The molecular formula is C97H131N7O13S2. The number of benzene rings is 4. The summed E-state index contributed by atoms with van der Waals surface area (Å²) in [5.74, 6) is 3.91. The Balaban J connectivity index is 0.000000280. The highest BCUT2D eigenvalue weighted by molar-refractivity contribution is 7.13. The lowest BCUT2D eigenvalue weighted by Crippen LogP contribution is -2.49. The number of amides is 2. The molecule has 12 rings (SSSR count). The van der Waals surface area contributed by atoms with Crippen LogP contribution >= 0.6 is 22.7 Å². The van der Waals surface area contributed by atoms with Gasteiger partial charge in [0.15, 0.2) is 11.6 Å². The van der Waals surface area contributed by atoms with Gasteiger partial charge in [-0.15, -0.1) is 49.0 Å². The Morgan fingerprint density at radius 1 is 0.563 bits per heavy atom. The van der Waals surface area contributed by atoms with Crippen LogP contribution in [0.25, 0.3) is 43.2 Å². The van der Waals surface area contributed by atoms with Gasteiger partial charge in [0.1, 0.15) is 68.1 Å². The number of likely N-dealkylation sites (tertiary alicyclic amines) is 1. The number of nitrogens with one attached hydrogen (secondary N) is 1. The summed E-state index contributed by atoms with van der Waals surface area (Å²) in [6.45, 7) is 33.4. The van der Waals surface area contributed by atoms with Crippen molar-refractivity contribution < 1.29 is 61.9 Å². The first-order chi connectivity index (χ1) is 56.0. The molecule has 0 unspecified atom stereocenters. The maximum atomic E-state index is 14.9. The number of urea groups is 1. The Bertz CT molecular complexity index is 4710. The van der Waals surface area contributed by atoms with Crippen molar-refractivity contribution in [1.82, 2.24) is 35.1 Å². The zero-order valence-corrected chi connectivity index (χ0v) is 71.7. The summed E-state index contributed by atoms with van der Waals surface area (Å²) in [7, 11) is 6.61. The molecule has 2 saturated heterocycles. The summed E-state index contributed by atoms with van der Waals surface area (Å²) >= 11 is 3.10. The predicted octanol–water partition coefficient (Wildman–Crippen LogP) is 22.0. The quantitative estimate of drug-likeness (QED) is 0.0214. The molecule has 0 bridgehead atoms. The molecule has 4 aliphatic rings. The summed E-state index contributed by atoms with van der Waals surface area (Å²) in [6.07, 6.45) is 21.2. The van der Waals surface area contributed by atoms with Crippen LogP contribution in [-0.4, -0.2) is 145 Å². The Morgan fingerprint density at radius 3 is 1.47 bits per heavy atom. The summed E-state index contributed by atoms with van der Waals surface area (Å²) in [5, 5.41) is 10.7. The van der Waals surface area contributed by atoms with Crippen LogP contribution in [0.15, 0.2) is 146 Å². The molecule has 20 nitrogen and oxygen atoms in total. The molecule has 119 heavy (non-hydrogen) atoms. The monoisotopic (exact) mass is 1670 g/mol. The first kappa shape index (κ1) is 96.4. The van der Waals surface area contributed by atoms with E-state index in [4.69, 9.17) is 57.8 Å². The number of unbranched alkanes of at least 4 members (excludes halogenated alkanes) is 8. The van der Waals surface area contributed by atoms with Crippen LogP contribution in [0.1, 0.15) is 212 Å². The van der Waals surface area contributed by atoms with Crippen molar-refractivity contribution in [1.29, 1.82) is 0 Å². The molecule has 8 atom stereocenters. The molecule has 1 N–H and O–H groups in total. The largest absolute Gasteiger partial charge is 0.497 e. The lowest BCUT2D eigenvalue weighted by molar-refractivity contribution is -0.152. The Hall–Kier alpha value is -9.77. The van der Waals surface area contributed by atoms with Crippen molar-refractivity contribution in [3.05, 3.63) is 180 Å². The van der Waals surface area contributed by atoms with Gasteiger partial charge in [-0.2, -0.15) is 0 Å². The summed E-state index contributed by atoms with van der Waals surface area (Å²) in [4.78, 5) is 92.1. The zero-order chi connectivity index (χ0) is 83.2. The molecule has 644 valence electrons. The number of thiazole rings is 2. The van der Waals surface area contributed by atoms with Crippen molar-refractivity contribution in [2.45, 2.75) is 229 Å². The van der Waals surface area contributed by atoms with Gasteiger partial charge in [0, 0.05) is 90.1 Å². The number of ketones is 2. The Kier molecular flexibility index (Phi) is 36.9. The highest BCUT2D eigenvalue weighted by Crippen LogP contribution is 2.58. The average molecular weight is 1670 g/mol. The lowest BCUT2D eigenvalue weighted by atomic mass is 9.92. The van der Waals surface area contributed by atoms with Crippen LogP contribution in [-0.2, 0) is 41.6 Å². The Morgan fingerprint density at radius 2 is 1.03 bits per heavy atom. The van der Waals surface area contributed by atoms with Crippen LogP contribution in [0.3, 0.4) is 0 Å². The van der Waals surface area contributed by atoms with E-state index in [9.17, 15) is 24.0 Å². The van der Waals surface area contributed by atoms with Crippen LogP contribution in [0.2, 0.25) is 0 Å². The number of hydrogen-bond donors (Lipinski definition) is 1. The molecule has 2 amide bonds. The van der Waals surface area contributed by atoms with Crippen LogP contribution in [0, 0.1) is 36.5 Å². The van der Waals surface area contributed by atoms with E-state index in [0.717, 1.165) is 109 Å². The summed E-state index contributed by atoms with van der Waals surface area (Å²) in [5.41, 5.74) is 7.34. The third-order valence-electron chi connectivity index (χ3n) is 22.7. The maximum absolute atomic E-state index is 14.9. The number of nitrogens with zero attached hydrogens (tertiary/aromatic N) is 6. The molecule has 2 saturated carbocycles. The minimum atomic E-state index is -0.980. The molecule has 4 aromatic heterocycles. The molecule has 4 aromatic carbocycles. The van der Waals surface area contributed by atoms with Crippen molar-refractivity contribution in [2.75, 3.05) is 61.3 Å². The van der Waals surface area contributed by atoms with E-state index in [1.165, 1.54) is 61.8 Å². The van der Waals surface area contributed by atoms with Gasteiger partial charge in [-0.1, -0.05) is 124 Å². The second-order valence-corrected chi connectivity index (χ2v) is 33.1. The van der Waals surface area contributed by atoms with E-state index in [0.29, 0.717) is 74.4 Å². The molecule has 0 spiro atoms. The SMILES string of the molecule is C.C.C.C=CCCCCCCCc1ccc(OC)cc1.C=CCCCCCN(Cc1ccc(OC)cc1)C(=O)N1C[C@H](Oc2cc(-c3nc(C(C)C)cs3)nc3c(C)c(OC)ccc23)C[C@H]1C(=O)C[C@]1(C(=O)OCC)C[C@H]1C=C.C=C[C@@H]1C[C@]1(CC(=O)[C@@H]1C[C@@H](Oc2cc(-c3nc(C(C)C)cs3)nc3c(C)c(OC)ccc23)CN1)C(=O)OCC. The number of carbonyl (C=O) groups excluding carboxylic acids is 5. The summed E-state index contributed by atoms with van der Waals surface area (Å²) < 4.78 is 46.0. The predicted molar refractivity (Wildman–Crippen MR) is 483 cm³/mol. The normalized spacial score (nSPS) is 19.2. The number of fused-ring (bicyclic) bond motifs is 2. The van der Waals surface area contributed by atoms with Gasteiger partial charge in [0.05, 0.1) is 93.5 Å². The number of methoxy groups -OCH3 is 4. The van der Waals surface area contributed by atoms with Crippen LogP contribution in [0.5, 0.6) is 34.5 Å². The average Bonchev–Trinajstić information content (AvgIpc) is 1.60. The van der Waals surface area contributed by atoms with Crippen molar-refractivity contribution in [2.24, 2.45) is 22.7 Å². The smallest absolute Gasteiger partial charge is 0.321 e. The molecule has 2 aliphatic carbocycles. The van der Waals surface area contributed by atoms with Gasteiger partial charge in [-0.3, -0.25) is 19.2 Å². The van der Waals surface area contributed by atoms with Gasteiger partial charge in [-0.05, 0) is 169 Å². The molecule has 22 heteroatoms. The minimum absolute atomic E-state index is 0. The zero-order valence-electron chi connectivity index (χ0n) is 70.1. The number of Topliss-reactive ketones (excluding diaryl/α,β-unsaturated/α-hetero) is 2. The van der Waals surface area contributed by atoms with Crippen LogP contribution in [0.4, 0.5) is 4.79 Å². The van der Waals surface area contributed by atoms with Crippen LogP contribution < -0.4 is 33.7 Å². The number of allylic oxidation sites excluding steroid dienone is 4. The van der Waals surface area contributed by atoms with Gasteiger partial charge in [-0.25, -0.2) is 24.7 Å². The number of pyridine rings is 2. The van der Waals surface area contributed by atoms with Crippen molar-refractivity contribution in [3.8, 4) is 55.9 Å². The van der Waals surface area contributed by atoms with E-state index in [1.807, 2.05) is 104 Å². The maximum Gasteiger partial charge on any atom is 0.321 e. The third kappa shape index (κ3) is 24.1. The van der Waals surface area contributed by atoms with E-state index < -0.39 is 28.9 Å². The number of aromatic nitrogens is 4. The topological polar surface area (TPSA) is 229 Å². The lowest BCUT2D eigenvalue weighted by Gasteiger charge is -2.32. The highest BCUT2D eigenvalue weighted by atomic mass is 32.1. The number of aryl methyl sites for hydroxylation is 3. The van der Waals surface area contributed by atoms with Gasteiger partial charge in [0.25, 0.3) is 0 Å². The molecule has 0 radical (unpaired) electrons. The standard InChI is InChI=1S/C47H58N4O7S.C31H37N3O5S.C16H24O.3CH4/c1-9-12-13-14-15-22-50(27-32-16-18-34(55-7)19-17-32)46(54)51-28-35(23-39(51)40(52)26-47(25-33(47)10-2)45(53)57-11-3)58-42-24-37(44-49-38(29-59-44)30(4)5)48-43-31(6)41(56-8)21-20-36(42)43;1-7-19-13-31(19,30(36)38-8-2)14-25(35)22-11-20(15-32-22)39-27-12-23(29-34-24(16-40-29)17(3)4)33-28-18(5)26(37-6)10-9-21(27)28;1-3-4-5-6-7-8-9-10-15-11-13-16(17-2)14-12-15;;;/h9-10,16-21,24,29-30,33,35,39H,1-2,11-15,22-23,25-28H2,3-8H3;7,9-10,12,16-17,19-20,22,32H,1,8,11,13-15H2,2-6H3;3,11-14H,1,4-10H2,2H3;3*1H4/t33-,35-,39+,47-;19-,20-,22+,31-;;;;/m11..../s1. The van der Waals surface area contributed by atoms with Crippen molar-refractivity contribution in [3.63, 3.8) is 0 Å². The van der Waals surface area contributed by atoms with E-state index in [1.54, 1.807) is 70.7 Å². The fourth-order valence-electron chi connectivity index (χ4n) is 15.6. The highest BCUT2D eigenvalue weighted by Gasteiger charge is 2.62. The molecule has 4 fully saturated rings. The molecular weight excluding hydrogens is 1540 g/mol. The number of esters is 2. The number of hydrogen-bond acceptors (Lipinski definition) is 20. The first-order valence-electron chi connectivity index (χ1n) is 41.2. The Labute approximate surface area is 716 Å². The van der Waals surface area contributed by atoms with Gasteiger partial charge >= 0.3 is 18.0 Å². The van der Waals surface area contributed by atoms with E-state index in [2.05, 4.69) is 82.2 Å².